The summed E-state index contributed by atoms with van der Waals surface area (Å²) in [6.45, 7) is 3.37. The lowest BCUT2D eigenvalue weighted by molar-refractivity contribution is -0.202. The van der Waals surface area contributed by atoms with E-state index in [-0.39, 0.29) is 30.6 Å². The lowest BCUT2D eigenvalue weighted by atomic mass is 9.94. The molecule has 2 aliphatic rings. The molecule has 0 amide bonds. The monoisotopic (exact) mass is 672 g/mol. The molecule has 15 heteroatoms. The summed E-state index contributed by atoms with van der Waals surface area (Å²) in [4.78, 5) is 77.4. The Labute approximate surface area is 273 Å². The van der Waals surface area contributed by atoms with Gasteiger partial charge in [0.05, 0.1) is 29.5 Å². The number of carbonyl (C=O) groups is 5. The number of fused-ring (bicyclic) bond motifs is 4. The molecule has 2 heterocycles. The Morgan fingerprint density at radius 2 is 1.64 bits per heavy atom. The van der Waals surface area contributed by atoms with Crippen molar-refractivity contribution < 1.29 is 52.4 Å². The summed E-state index contributed by atoms with van der Waals surface area (Å²) in [6.07, 6.45) is 4.59. The standard InChI is InChI=1S/C32H33ClN2O12/c1-17(36)43-14-27(30(47-20(4)39)28(46-19(3)38)15-44-18(2)37)45-16-42-11-5-6-21-7-9-25-23(12-21)32(41)35-26-10-8-22(33)13-24(26)29(40)31(35)34-25/h5-10,12-13,24,26-28,30H,11,14-16H2,1-4H3/b6-5+. The highest BCUT2D eigenvalue weighted by Crippen LogP contribution is 2.36. The average molecular weight is 673 g/mol. The van der Waals surface area contributed by atoms with Crippen LogP contribution in [0, 0.1) is 5.92 Å². The highest BCUT2D eigenvalue weighted by Gasteiger charge is 2.41. The maximum atomic E-state index is 13.4. The number of ether oxygens (including phenoxy) is 6. The predicted molar refractivity (Wildman–Crippen MR) is 165 cm³/mol. The van der Waals surface area contributed by atoms with Gasteiger partial charge in [0, 0.05) is 32.7 Å². The van der Waals surface area contributed by atoms with E-state index in [2.05, 4.69) is 4.98 Å². The van der Waals surface area contributed by atoms with Gasteiger partial charge in [-0.25, -0.2) is 4.98 Å². The summed E-state index contributed by atoms with van der Waals surface area (Å²) in [5.41, 5.74) is 0.710. The van der Waals surface area contributed by atoms with Crippen LogP contribution in [0.2, 0.25) is 0 Å². The van der Waals surface area contributed by atoms with Crippen LogP contribution in [0.15, 0.2) is 52.3 Å². The zero-order valence-electron chi connectivity index (χ0n) is 26.0. The first-order chi connectivity index (χ1) is 22.3. The van der Waals surface area contributed by atoms with Gasteiger partial charge in [0.25, 0.3) is 5.56 Å². The van der Waals surface area contributed by atoms with Crippen molar-refractivity contribution in [2.75, 3.05) is 26.6 Å². The summed E-state index contributed by atoms with van der Waals surface area (Å²) >= 11 is 6.08. The van der Waals surface area contributed by atoms with Gasteiger partial charge >= 0.3 is 23.9 Å². The van der Waals surface area contributed by atoms with Crippen molar-refractivity contribution in [1.82, 2.24) is 9.55 Å². The van der Waals surface area contributed by atoms with Gasteiger partial charge in [-0.2, -0.15) is 0 Å². The van der Waals surface area contributed by atoms with Gasteiger partial charge in [0.15, 0.2) is 18.0 Å². The molecule has 4 rings (SSSR count). The number of hydrogen-bond donors (Lipinski definition) is 0. The van der Waals surface area contributed by atoms with Crippen molar-refractivity contribution in [3.63, 3.8) is 0 Å². The first-order valence-electron chi connectivity index (χ1n) is 14.5. The van der Waals surface area contributed by atoms with E-state index in [1.807, 2.05) is 0 Å². The Morgan fingerprint density at radius 3 is 2.30 bits per heavy atom. The van der Waals surface area contributed by atoms with Crippen LogP contribution < -0.4 is 5.56 Å². The van der Waals surface area contributed by atoms with Crippen molar-refractivity contribution in [2.45, 2.75) is 52.0 Å². The molecule has 0 spiro atoms. The molecule has 0 bridgehead atoms. The molecule has 0 fully saturated rings. The molecule has 14 nitrogen and oxygen atoms in total. The second-order valence-corrected chi connectivity index (χ2v) is 11.0. The van der Waals surface area contributed by atoms with E-state index >= 15 is 0 Å². The third-order valence-corrected chi connectivity index (χ3v) is 7.30. The minimum absolute atomic E-state index is 0.0366. The van der Waals surface area contributed by atoms with Gasteiger partial charge in [0.2, 0.25) is 5.78 Å². The number of hydrogen-bond acceptors (Lipinski definition) is 13. The van der Waals surface area contributed by atoms with Crippen molar-refractivity contribution in [2.24, 2.45) is 5.92 Å². The molecule has 0 radical (unpaired) electrons. The van der Waals surface area contributed by atoms with E-state index in [0.29, 0.717) is 21.5 Å². The van der Waals surface area contributed by atoms with Crippen LogP contribution in [0.3, 0.4) is 0 Å². The average Bonchev–Trinajstić information content (AvgIpc) is 3.28. The van der Waals surface area contributed by atoms with Gasteiger partial charge in [-0.05, 0) is 23.8 Å². The highest BCUT2D eigenvalue weighted by molar-refractivity contribution is 6.31. The molecule has 1 aliphatic heterocycles. The number of halogens is 1. The summed E-state index contributed by atoms with van der Waals surface area (Å²) in [5.74, 6) is -3.56. The van der Waals surface area contributed by atoms with E-state index in [1.165, 1.54) is 11.5 Å². The highest BCUT2D eigenvalue weighted by atomic mass is 35.5. The number of carbonyl (C=O) groups excluding carboxylic acids is 5. The van der Waals surface area contributed by atoms with E-state index in [1.54, 1.807) is 48.6 Å². The Morgan fingerprint density at radius 1 is 0.957 bits per heavy atom. The SMILES string of the molecule is CC(=O)OCC(OCOC/C=C/c1ccc2nc3n(c(=O)c2c1)C1C=CC(Cl)=CC1C3=O)C(OC(C)=O)C(COC(C)=O)OC(C)=O. The number of ketones is 1. The summed E-state index contributed by atoms with van der Waals surface area (Å²) in [6, 6.07) is 4.56. The fourth-order valence-electron chi connectivity index (χ4n) is 5.10. The van der Waals surface area contributed by atoms with Crippen molar-refractivity contribution in [3.8, 4) is 0 Å². The quantitative estimate of drug-likeness (QED) is 0.124. The Balaban J connectivity index is 1.43. The number of rotatable bonds is 14. The van der Waals surface area contributed by atoms with Gasteiger partial charge in [-0.3, -0.25) is 33.3 Å². The molecule has 1 aromatic heterocycles. The van der Waals surface area contributed by atoms with Crippen molar-refractivity contribution in [1.29, 1.82) is 0 Å². The smallest absolute Gasteiger partial charge is 0.303 e. The number of aromatic nitrogens is 2. The van der Waals surface area contributed by atoms with Crippen LogP contribution in [0.1, 0.15) is 49.9 Å². The molecule has 0 N–H and O–H groups in total. The van der Waals surface area contributed by atoms with Gasteiger partial charge < -0.3 is 28.4 Å². The third-order valence-electron chi connectivity index (χ3n) is 7.05. The van der Waals surface area contributed by atoms with Gasteiger partial charge in [-0.1, -0.05) is 42.0 Å². The van der Waals surface area contributed by atoms with Crippen molar-refractivity contribution in [3.05, 3.63) is 69.3 Å². The number of Topliss-reactive ketones (excluding diaryl/α,β-unsaturated/α-hetero) is 1. The Bertz CT molecular complexity index is 1710. The maximum Gasteiger partial charge on any atom is 0.303 e. The lowest BCUT2D eigenvalue weighted by Crippen LogP contribution is -2.49. The zero-order chi connectivity index (χ0) is 34.2. The molecule has 1 aromatic carbocycles. The van der Waals surface area contributed by atoms with Crippen LogP contribution in [0.5, 0.6) is 0 Å². The molecule has 0 saturated heterocycles. The lowest BCUT2D eigenvalue weighted by Gasteiger charge is -2.31. The predicted octanol–water partition coefficient (Wildman–Crippen LogP) is 2.80. The molecule has 5 unspecified atom stereocenters. The summed E-state index contributed by atoms with van der Waals surface area (Å²) in [7, 11) is 0. The number of allylic oxidation sites excluding steroid dienone is 4. The van der Waals surface area contributed by atoms with Crippen molar-refractivity contribution >= 4 is 58.2 Å². The van der Waals surface area contributed by atoms with Crippen LogP contribution in [-0.4, -0.2) is 84.1 Å². The minimum atomic E-state index is -1.33. The second kappa shape index (κ2) is 15.8. The molecule has 47 heavy (non-hydrogen) atoms. The number of benzene rings is 1. The summed E-state index contributed by atoms with van der Waals surface area (Å²) in [5, 5.41) is 0.767. The van der Waals surface area contributed by atoms with E-state index in [0.717, 1.165) is 20.8 Å². The fourth-order valence-corrected chi connectivity index (χ4v) is 5.31. The molecular formula is C32H33ClN2O12. The number of nitrogens with zero attached hydrogens (tertiary/aromatic N) is 2. The fraction of sp³-hybridized carbons (Fsp3) is 0.406. The van der Waals surface area contributed by atoms with Gasteiger partial charge in [0.1, 0.15) is 26.1 Å². The molecule has 5 atom stereocenters. The largest absolute Gasteiger partial charge is 0.463 e. The summed E-state index contributed by atoms with van der Waals surface area (Å²) < 4.78 is 33.2. The first-order valence-corrected chi connectivity index (χ1v) is 14.9. The Hall–Kier alpha value is -4.66. The Kier molecular flexibility index (Phi) is 11.8. The van der Waals surface area contributed by atoms with Crippen LogP contribution >= 0.6 is 11.6 Å². The van der Waals surface area contributed by atoms with Gasteiger partial charge in [-0.15, -0.1) is 0 Å². The van der Waals surface area contributed by atoms with Crippen LogP contribution in [0.4, 0.5) is 0 Å². The molecule has 0 saturated carbocycles. The molecule has 1 aliphatic carbocycles. The van der Waals surface area contributed by atoms with E-state index < -0.39 is 67.4 Å². The number of esters is 4. The zero-order valence-corrected chi connectivity index (χ0v) is 26.8. The van der Waals surface area contributed by atoms with E-state index in [9.17, 15) is 28.8 Å². The normalized spacial score (nSPS) is 18.6. The second-order valence-electron chi connectivity index (χ2n) is 10.6. The minimum Gasteiger partial charge on any atom is -0.463 e. The van der Waals surface area contributed by atoms with E-state index in [4.69, 9.17) is 40.0 Å². The molecular weight excluding hydrogens is 640 g/mol. The third kappa shape index (κ3) is 8.99. The first kappa shape index (κ1) is 35.2. The van der Waals surface area contributed by atoms with Crippen LogP contribution in [-0.2, 0) is 47.6 Å². The van der Waals surface area contributed by atoms with Crippen LogP contribution in [0.25, 0.3) is 17.0 Å². The molecule has 2 aromatic rings. The molecule has 250 valence electrons. The maximum absolute atomic E-state index is 13.4. The topological polar surface area (TPSA) is 176 Å².